The average Bonchev–Trinajstić information content (AvgIpc) is 2.53. The number of hydrogen-bond donors (Lipinski definition) is 5. The molecule has 1 fully saturated rings. The van der Waals surface area contributed by atoms with Gasteiger partial charge in [0.15, 0.2) is 23.3 Å². The number of guanidine groups is 1. The van der Waals surface area contributed by atoms with E-state index in [9.17, 15) is 0 Å². The molecule has 0 aliphatic carbocycles. The van der Waals surface area contributed by atoms with Crippen LogP contribution in [0.25, 0.3) is 0 Å². The average molecular weight is 358 g/mol. The number of amidine groups is 2. The first-order chi connectivity index (χ1) is 12.2. The number of quaternary nitrogens is 1. The SMILES string of the molecule is C[N+]1(C)CCN(c2nc(N=C3C(N)=NC(=N)N=C3N)c(N)cc2N)CC1. The van der Waals surface area contributed by atoms with Gasteiger partial charge in [-0.1, -0.05) is 0 Å². The quantitative estimate of drug-likeness (QED) is 0.417. The number of rotatable bonds is 2. The molecule has 2 aliphatic heterocycles. The Kier molecular flexibility index (Phi) is 4.24. The molecule has 0 atom stereocenters. The summed E-state index contributed by atoms with van der Waals surface area (Å²) in [7, 11) is 4.39. The lowest BCUT2D eigenvalue weighted by molar-refractivity contribution is -0.890. The van der Waals surface area contributed by atoms with E-state index in [2.05, 4.69) is 39.0 Å². The fraction of sp³-hybridized carbons (Fsp3) is 0.400. The van der Waals surface area contributed by atoms with E-state index in [1.165, 1.54) is 0 Å². The second-order valence-corrected chi connectivity index (χ2v) is 6.96. The standard InChI is InChI=1S/C15H24N11/c1-26(2)5-3-25(4-6-26)14-9(17)7-8(16)13(24-14)21-10-11(18)22-15(20)23-12(10)19/h7H,3-6,16-17H2,1-2H3,(H5,18,19,20,22,23)/q+1. The molecule has 11 nitrogen and oxygen atoms in total. The summed E-state index contributed by atoms with van der Waals surface area (Å²) >= 11 is 0. The molecule has 2 aliphatic rings. The maximum Gasteiger partial charge on any atom is 0.245 e. The van der Waals surface area contributed by atoms with Crippen LogP contribution in [0.5, 0.6) is 0 Å². The maximum absolute atomic E-state index is 7.43. The van der Waals surface area contributed by atoms with E-state index < -0.39 is 0 Å². The molecule has 0 amide bonds. The first kappa shape index (κ1) is 17.6. The third-order valence-corrected chi connectivity index (χ3v) is 4.44. The van der Waals surface area contributed by atoms with E-state index in [4.69, 9.17) is 28.3 Å². The third kappa shape index (κ3) is 3.42. The monoisotopic (exact) mass is 358 g/mol. The Morgan fingerprint density at radius 3 is 2.19 bits per heavy atom. The van der Waals surface area contributed by atoms with Crippen molar-refractivity contribution in [2.75, 3.05) is 56.6 Å². The number of nitrogens with one attached hydrogen (secondary N) is 1. The molecule has 0 aromatic carbocycles. The highest BCUT2D eigenvalue weighted by Crippen LogP contribution is 2.31. The summed E-state index contributed by atoms with van der Waals surface area (Å²) in [5, 5.41) is 7.43. The number of anilines is 3. The zero-order valence-corrected chi connectivity index (χ0v) is 14.9. The zero-order chi connectivity index (χ0) is 19.1. The van der Waals surface area contributed by atoms with E-state index in [0.717, 1.165) is 30.7 Å². The highest BCUT2D eigenvalue weighted by Gasteiger charge is 2.27. The predicted molar refractivity (Wildman–Crippen MR) is 105 cm³/mol. The summed E-state index contributed by atoms with van der Waals surface area (Å²) in [5.41, 5.74) is 24.7. The Morgan fingerprint density at radius 2 is 1.62 bits per heavy atom. The van der Waals surface area contributed by atoms with Gasteiger partial charge in [-0.15, -0.1) is 0 Å². The lowest BCUT2D eigenvalue weighted by atomic mass is 10.2. The number of piperazine rings is 1. The van der Waals surface area contributed by atoms with Crippen LogP contribution < -0.4 is 27.8 Å². The molecule has 1 saturated heterocycles. The van der Waals surface area contributed by atoms with Crippen LogP contribution in [0.4, 0.5) is 23.0 Å². The number of likely N-dealkylation sites (N-methyl/N-ethyl adjacent to an activating group) is 1. The Morgan fingerprint density at radius 1 is 1.04 bits per heavy atom. The zero-order valence-electron chi connectivity index (χ0n) is 14.9. The molecule has 0 spiro atoms. The minimum absolute atomic E-state index is 0.000836. The number of nitrogens with zero attached hydrogens (tertiary/aromatic N) is 6. The van der Waals surface area contributed by atoms with Crippen LogP contribution in [0.1, 0.15) is 0 Å². The van der Waals surface area contributed by atoms with Gasteiger partial charge in [0.05, 0.1) is 51.6 Å². The van der Waals surface area contributed by atoms with Crippen LogP contribution in [0.3, 0.4) is 0 Å². The van der Waals surface area contributed by atoms with Gasteiger partial charge < -0.3 is 32.3 Å². The van der Waals surface area contributed by atoms with Crippen molar-refractivity contribution in [3.63, 3.8) is 0 Å². The van der Waals surface area contributed by atoms with Crippen molar-refractivity contribution in [2.24, 2.45) is 26.4 Å². The number of aromatic nitrogens is 1. The molecule has 0 radical (unpaired) electrons. The minimum Gasteiger partial charge on any atom is -0.396 e. The Hall–Kier alpha value is -3.21. The van der Waals surface area contributed by atoms with Crippen LogP contribution in [0.2, 0.25) is 0 Å². The van der Waals surface area contributed by atoms with Gasteiger partial charge in [-0.3, -0.25) is 5.41 Å². The van der Waals surface area contributed by atoms with Crippen LogP contribution >= 0.6 is 0 Å². The van der Waals surface area contributed by atoms with Crippen molar-refractivity contribution in [3.8, 4) is 0 Å². The molecule has 3 heterocycles. The smallest absolute Gasteiger partial charge is 0.245 e. The first-order valence-corrected chi connectivity index (χ1v) is 8.15. The molecule has 0 saturated carbocycles. The van der Waals surface area contributed by atoms with Gasteiger partial charge >= 0.3 is 0 Å². The fourth-order valence-corrected chi connectivity index (χ4v) is 2.80. The molecule has 138 valence electrons. The number of hydrogen-bond acceptors (Lipinski definition) is 8. The topological polar surface area (TPSA) is 181 Å². The number of nitrogens with two attached hydrogens (primary N) is 4. The van der Waals surface area contributed by atoms with Crippen molar-refractivity contribution in [1.29, 1.82) is 5.41 Å². The molecule has 9 N–H and O–H groups in total. The highest BCUT2D eigenvalue weighted by molar-refractivity contribution is 6.69. The molecule has 0 bridgehead atoms. The molecule has 1 aromatic heterocycles. The summed E-state index contributed by atoms with van der Waals surface area (Å²) in [6.07, 6.45) is 0. The summed E-state index contributed by atoms with van der Waals surface area (Å²) in [6, 6.07) is 1.63. The van der Waals surface area contributed by atoms with Crippen molar-refractivity contribution in [1.82, 2.24) is 4.98 Å². The van der Waals surface area contributed by atoms with Crippen LogP contribution in [-0.2, 0) is 0 Å². The number of aliphatic imine (C=N–C) groups is 3. The minimum atomic E-state index is -0.271. The van der Waals surface area contributed by atoms with Gasteiger partial charge in [0, 0.05) is 0 Å². The van der Waals surface area contributed by atoms with Crippen molar-refractivity contribution in [3.05, 3.63) is 6.07 Å². The normalized spacial score (nSPS) is 19.8. The fourth-order valence-electron chi connectivity index (χ4n) is 2.80. The Bertz CT molecular complexity index is 815. The number of nitrogen functional groups attached to an aromatic ring is 2. The first-order valence-electron chi connectivity index (χ1n) is 8.15. The third-order valence-electron chi connectivity index (χ3n) is 4.44. The Balaban J connectivity index is 1.97. The lowest BCUT2D eigenvalue weighted by Crippen LogP contribution is -2.55. The van der Waals surface area contributed by atoms with E-state index in [-0.39, 0.29) is 29.2 Å². The molecular weight excluding hydrogens is 334 g/mol. The van der Waals surface area contributed by atoms with E-state index in [0.29, 0.717) is 17.2 Å². The summed E-state index contributed by atoms with van der Waals surface area (Å²) in [5.74, 6) is 0.603. The van der Waals surface area contributed by atoms with Gasteiger partial charge in [0.2, 0.25) is 5.96 Å². The van der Waals surface area contributed by atoms with Gasteiger partial charge in [-0.2, -0.15) is 9.98 Å². The molecule has 11 heteroatoms. The van der Waals surface area contributed by atoms with Crippen molar-refractivity contribution in [2.45, 2.75) is 0 Å². The summed E-state index contributed by atoms with van der Waals surface area (Å²) in [6.45, 7) is 3.62. The van der Waals surface area contributed by atoms with Crippen LogP contribution in [0.15, 0.2) is 21.0 Å². The summed E-state index contributed by atoms with van der Waals surface area (Å²) < 4.78 is 0.951. The Labute approximate surface area is 151 Å². The molecule has 26 heavy (non-hydrogen) atoms. The van der Waals surface area contributed by atoms with Crippen LogP contribution in [-0.4, -0.2) is 73.1 Å². The second kappa shape index (κ2) is 6.26. The largest absolute Gasteiger partial charge is 0.396 e. The van der Waals surface area contributed by atoms with E-state index >= 15 is 0 Å². The van der Waals surface area contributed by atoms with Crippen molar-refractivity contribution >= 4 is 46.4 Å². The van der Waals surface area contributed by atoms with Crippen LogP contribution in [0, 0.1) is 5.41 Å². The second-order valence-electron chi connectivity index (χ2n) is 6.96. The molecule has 0 unspecified atom stereocenters. The van der Waals surface area contributed by atoms with Gasteiger partial charge in [0.1, 0.15) is 5.71 Å². The lowest BCUT2D eigenvalue weighted by Gasteiger charge is -2.39. The van der Waals surface area contributed by atoms with Gasteiger partial charge in [0.25, 0.3) is 0 Å². The van der Waals surface area contributed by atoms with Gasteiger partial charge in [-0.25, -0.2) is 9.98 Å². The number of pyridine rings is 1. The highest BCUT2D eigenvalue weighted by atomic mass is 15.4. The summed E-state index contributed by atoms with van der Waals surface area (Å²) in [4.78, 5) is 18.5. The molecule has 1 aromatic rings. The van der Waals surface area contributed by atoms with Crippen molar-refractivity contribution < 1.29 is 4.48 Å². The van der Waals surface area contributed by atoms with E-state index in [1.54, 1.807) is 6.07 Å². The molecular formula is C15H24N11+. The predicted octanol–water partition coefficient (Wildman–Crippen LogP) is -1.12. The van der Waals surface area contributed by atoms with E-state index in [1.807, 2.05) is 0 Å². The molecule has 3 rings (SSSR count). The maximum atomic E-state index is 7.43. The van der Waals surface area contributed by atoms with Gasteiger partial charge in [-0.05, 0) is 6.07 Å².